The number of methoxy groups -OCH3 is 1. The number of para-hydroxylation sites is 1. The molecule has 0 unspecified atom stereocenters. The van der Waals surface area contributed by atoms with E-state index in [1.54, 1.807) is 18.1 Å². The van der Waals surface area contributed by atoms with Crippen molar-refractivity contribution in [1.82, 2.24) is 15.1 Å². The van der Waals surface area contributed by atoms with Crippen molar-refractivity contribution in [1.29, 1.82) is 0 Å². The van der Waals surface area contributed by atoms with Crippen LogP contribution in [0.5, 0.6) is 5.75 Å². The molecule has 1 atom stereocenters. The zero-order valence-electron chi connectivity index (χ0n) is 18.8. The Morgan fingerprint density at radius 2 is 2.03 bits per heavy atom. The molecule has 1 aromatic heterocycles. The second kappa shape index (κ2) is 9.10. The zero-order chi connectivity index (χ0) is 22.8. The summed E-state index contributed by atoms with van der Waals surface area (Å²) in [5.41, 5.74) is 4.68. The summed E-state index contributed by atoms with van der Waals surface area (Å²) in [6.07, 6.45) is 6.11. The number of nitrogens with one attached hydrogen (secondary N) is 1. The van der Waals surface area contributed by atoms with Gasteiger partial charge in [0.05, 0.1) is 25.9 Å². The molecule has 170 valence electrons. The van der Waals surface area contributed by atoms with Crippen LogP contribution in [0.1, 0.15) is 58.9 Å². The molecule has 3 aromatic rings. The van der Waals surface area contributed by atoms with Crippen molar-refractivity contribution in [3.05, 3.63) is 77.1 Å². The fraction of sp³-hybridized carbons (Fsp3) is 0.346. The van der Waals surface area contributed by atoms with Gasteiger partial charge in [-0.1, -0.05) is 24.3 Å². The normalized spacial score (nSPS) is 17.7. The van der Waals surface area contributed by atoms with Gasteiger partial charge >= 0.3 is 0 Å². The van der Waals surface area contributed by atoms with E-state index < -0.39 is 0 Å². The van der Waals surface area contributed by atoms with Gasteiger partial charge in [-0.25, -0.2) is 0 Å². The van der Waals surface area contributed by atoms with Crippen LogP contribution in [0.3, 0.4) is 0 Å². The van der Waals surface area contributed by atoms with E-state index in [2.05, 4.69) is 10.4 Å². The highest BCUT2D eigenvalue weighted by molar-refractivity contribution is 5.99. The summed E-state index contributed by atoms with van der Waals surface area (Å²) < 4.78 is 7.51. The molecule has 0 bridgehead atoms. The Balaban J connectivity index is 1.33. The third kappa shape index (κ3) is 4.23. The third-order valence-corrected chi connectivity index (χ3v) is 6.57. The van der Waals surface area contributed by atoms with Gasteiger partial charge in [0.15, 0.2) is 0 Å². The summed E-state index contributed by atoms with van der Waals surface area (Å²) >= 11 is 0. The van der Waals surface area contributed by atoms with Crippen molar-refractivity contribution < 1.29 is 14.3 Å². The van der Waals surface area contributed by atoms with Crippen molar-refractivity contribution in [3.63, 3.8) is 0 Å². The zero-order valence-corrected chi connectivity index (χ0v) is 18.8. The van der Waals surface area contributed by atoms with Crippen LogP contribution in [-0.2, 0) is 17.8 Å². The van der Waals surface area contributed by atoms with Gasteiger partial charge in [-0.2, -0.15) is 5.10 Å². The van der Waals surface area contributed by atoms with Gasteiger partial charge in [0.2, 0.25) is 5.91 Å². The van der Waals surface area contributed by atoms with Crippen LogP contribution in [0.15, 0.2) is 54.7 Å². The van der Waals surface area contributed by atoms with Crippen LogP contribution in [0.2, 0.25) is 0 Å². The predicted octanol–water partition coefficient (Wildman–Crippen LogP) is 3.87. The fourth-order valence-electron chi connectivity index (χ4n) is 4.88. The molecule has 0 spiro atoms. The summed E-state index contributed by atoms with van der Waals surface area (Å²) in [7, 11) is 1.68. The third-order valence-electron chi connectivity index (χ3n) is 6.57. The van der Waals surface area contributed by atoms with E-state index in [1.807, 2.05) is 53.3 Å². The Kier molecular flexibility index (Phi) is 5.86. The van der Waals surface area contributed by atoms with Crippen LogP contribution < -0.4 is 15.0 Å². The van der Waals surface area contributed by atoms with E-state index >= 15 is 0 Å². The van der Waals surface area contributed by atoms with Crippen LogP contribution in [-0.4, -0.2) is 35.2 Å². The smallest absolute Gasteiger partial charge is 0.251 e. The fourth-order valence-corrected chi connectivity index (χ4v) is 4.88. The number of ether oxygens (including phenoxy) is 1. The average Bonchev–Trinajstić information content (AvgIpc) is 3.46. The molecular weight excluding hydrogens is 416 g/mol. The van der Waals surface area contributed by atoms with Gasteiger partial charge < -0.3 is 15.0 Å². The number of hydrogen-bond donors (Lipinski definition) is 1. The molecule has 1 aliphatic carbocycles. The standard InChI is InChI=1S/C26H28N4O3/c1-33-24-12-3-2-7-19(24)17-30-23-11-5-10-22(21(23)16-27-30)28-26(32)18-8-4-9-20(15-18)29-14-6-13-25(29)31/h2-4,7-9,12,15-16,22H,5-6,10-11,13-14,17H2,1H3,(H,28,32)/t22-/m1/s1. The number of hydrogen-bond acceptors (Lipinski definition) is 4. The molecule has 1 saturated heterocycles. The molecule has 2 aromatic carbocycles. The number of aromatic nitrogens is 2. The highest BCUT2D eigenvalue weighted by Gasteiger charge is 2.27. The molecule has 5 rings (SSSR count). The van der Waals surface area contributed by atoms with Crippen LogP contribution in [0.25, 0.3) is 0 Å². The Morgan fingerprint density at radius 3 is 2.85 bits per heavy atom. The lowest BCUT2D eigenvalue weighted by Crippen LogP contribution is -2.31. The molecule has 7 nitrogen and oxygen atoms in total. The highest BCUT2D eigenvalue weighted by atomic mass is 16.5. The maximum atomic E-state index is 13.1. The molecule has 0 radical (unpaired) electrons. The maximum Gasteiger partial charge on any atom is 0.251 e. The molecule has 1 aliphatic heterocycles. The molecular formula is C26H28N4O3. The number of fused-ring (bicyclic) bond motifs is 1. The molecule has 1 N–H and O–H groups in total. The lowest BCUT2D eigenvalue weighted by Gasteiger charge is -2.25. The number of rotatable bonds is 6. The molecule has 2 heterocycles. The Bertz CT molecular complexity index is 1190. The number of amides is 2. The topological polar surface area (TPSA) is 76.5 Å². The molecule has 7 heteroatoms. The van der Waals surface area contributed by atoms with E-state index in [4.69, 9.17) is 4.74 Å². The lowest BCUT2D eigenvalue weighted by molar-refractivity contribution is -0.117. The first kappa shape index (κ1) is 21.2. The Labute approximate surface area is 193 Å². The Morgan fingerprint density at radius 1 is 1.15 bits per heavy atom. The quantitative estimate of drug-likeness (QED) is 0.626. The van der Waals surface area contributed by atoms with E-state index in [1.165, 1.54) is 0 Å². The maximum absolute atomic E-state index is 13.1. The van der Waals surface area contributed by atoms with Gasteiger partial charge in [0.1, 0.15) is 5.75 Å². The molecule has 2 amide bonds. The van der Waals surface area contributed by atoms with E-state index in [9.17, 15) is 9.59 Å². The summed E-state index contributed by atoms with van der Waals surface area (Å²) in [6, 6.07) is 15.2. The van der Waals surface area contributed by atoms with Crippen LogP contribution in [0.4, 0.5) is 5.69 Å². The van der Waals surface area contributed by atoms with Crippen molar-refractivity contribution in [2.75, 3.05) is 18.6 Å². The van der Waals surface area contributed by atoms with Crippen molar-refractivity contribution in [2.45, 2.75) is 44.7 Å². The van der Waals surface area contributed by atoms with Crippen molar-refractivity contribution in [3.8, 4) is 5.75 Å². The van der Waals surface area contributed by atoms with E-state index in [0.29, 0.717) is 25.1 Å². The van der Waals surface area contributed by atoms with Crippen LogP contribution in [0, 0.1) is 0 Å². The minimum Gasteiger partial charge on any atom is -0.496 e. The van der Waals surface area contributed by atoms with Crippen molar-refractivity contribution >= 4 is 17.5 Å². The first-order chi connectivity index (χ1) is 16.1. The first-order valence-corrected chi connectivity index (χ1v) is 11.5. The van der Waals surface area contributed by atoms with Gasteiger partial charge in [-0.3, -0.25) is 14.3 Å². The molecule has 2 aliphatic rings. The van der Waals surface area contributed by atoms with Gasteiger partial charge in [-0.15, -0.1) is 0 Å². The SMILES string of the molecule is COc1ccccc1Cn1ncc2c1CCC[C@H]2NC(=O)c1cccc(N2CCCC2=O)c1. The minimum atomic E-state index is -0.126. The number of anilines is 1. The summed E-state index contributed by atoms with van der Waals surface area (Å²) in [5.74, 6) is 0.838. The summed E-state index contributed by atoms with van der Waals surface area (Å²) in [6.45, 7) is 1.34. The summed E-state index contributed by atoms with van der Waals surface area (Å²) in [4.78, 5) is 26.9. The number of nitrogens with zero attached hydrogens (tertiary/aromatic N) is 3. The van der Waals surface area contributed by atoms with E-state index in [-0.39, 0.29) is 17.9 Å². The van der Waals surface area contributed by atoms with Gasteiger partial charge in [0, 0.05) is 41.0 Å². The van der Waals surface area contributed by atoms with Gasteiger partial charge in [-0.05, 0) is 49.9 Å². The van der Waals surface area contributed by atoms with Crippen molar-refractivity contribution in [2.24, 2.45) is 0 Å². The van der Waals surface area contributed by atoms with E-state index in [0.717, 1.165) is 53.9 Å². The average molecular weight is 445 g/mol. The number of carbonyl (C=O) groups excluding carboxylic acids is 2. The molecule has 0 saturated carbocycles. The largest absolute Gasteiger partial charge is 0.496 e. The Hall–Kier alpha value is -3.61. The first-order valence-electron chi connectivity index (χ1n) is 11.5. The lowest BCUT2D eigenvalue weighted by atomic mass is 9.92. The van der Waals surface area contributed by atoms with Crippen LogP contribution >= 0.6 is 0 Å². The number of carbonyl (C=O) groups is 2. The minimum absolute atomic E-state index is 0.0789. The summed E-state index contributed by atoms with van der Waals surface area (Å²) in [5, 5.41) is 7.84. The molecule has 1 fully saturated rings. The monoisotopic (exact) mass is 444 g/mol. The second-order valence-electron chi connectivity index (χ2n) is 8.63. The predicted molar refractivity (Wildman–Crippen MR) is 125 cm³/mol. The number of benzene rings is 2. The molecule has 33 heavy (non-hydrogen) atoms. The van der Waals surface area contributed by atoms with Gasteiger partial charge in [0.25, 0.3) is 5.91 Å². The second-order valence-corrected chi connectivity index (χ2v) is 8.63. The highest BCUT2D eigenvalue weighted by Crippen LogP contribution is 2.31.